The third kappa shape index (κ3) is 18.1. The minimum atomic E-state index is -1.34. The molecule has 0 aromatic heterocycles. The summed E-state index contributed by atoms with van der Waals surface area (Å²) in [4.78, 5) is 37.7. The fraction of sp³-hybridized carbons (Fsp3) is 0.868. The molecule has 0 rings (SSSR count). The van der Waals surface area contributed by atoms with Gasteiger partial charge in [0.2, 0.25) is 0 Å². The summed E-state index contributed by atoms with van der Waals surface area (Å²) in [5.74, 6) is -3.56. The summed E-state index contributed by atoms with van der Waals surface area (Å²) in [5, 5.41) is 33.1. The molecule has 7 nitrogen and oxygen atoms in total. The zero-order valence-electron chi connectivity index (χ0n) is 29.7. The molecular formula is C38H71NO6. The molecule has 264 valence electrons. The van der Waals surface area contributed by atoms with Crippen LogP contribution in [0, 0.1) is 0 Å². The van der Waals surface area contributed by atoms with Crippen LogP contribution in [-0.4, -0.2) is 57.3 Å². The Kier molecular flexibility index (Phi) is 27.2. The van der Waals surface area contributed by atoms with Crippen LogP contribution in [0.5, 0.6) is 0 Å². The first kappa shape index (κ1) is 43.1. The van der Waals surface area contributed by atoms with E-state index in [1.54, 1.807) is 0 Å². The molecular weight excluding hydrogens is 566 g/mol. The van der Waals surface area contributed by atoms with Crippen molar-refractivity contribution >= 4 is 17.9 Å². The van der Waals surface area contributed by atoms with Crippen LogP contribution in [0.4, 0.5) is 0 Å². The van der Waals surface area contributed by atoms with Gasteiger partial charge in [-0.15, -0.1) is 0 Å². The topological polar surface area (TPSA) is 115 Å². The maximum atomic E-state index is 12.6. The van der Waals surface area contributed by atoms with Gasteiger partial charge >= 0.3 is 11.9 Å². The van der Waals surface area contributed by atoms with Gasteiger partial charge < -0.3 is 20.1 Å². The molecule has 0 radical (unpaired) electrons. The number of hydrogen-bond donors (Lipinski definition) is 2. The smallest absolute Gasteiger partial charge is 0.362 e. The lowest BCUT2D eigenvalue weighted by Crippen LogP contribution is -2.74. The normalized spacial score (nSPS) is 15.1. The number of aliphatic carboxylic acids is 3. The van der Waals surface area contributed by atoms with Gasteiger partial charge in [0, 0.05) is 19.3 Å². The molecule has 0 saturated carbocycles. The first-order valence-corrected chi connectivity index (χ1v) is 18.9. The van der Waals surface area contributed by atoms with E-state index >= 15 is 0 Å². The average Bonchev–Trinajstić information content (AvgIpc) is 3.00. The van der Waals surface area contributed by atoms with Crippen LogP contribution < -0.4 is 5.11 Å². The number of quaternary nitrogens is 1. The molecule has 0 aliphatic heterocycles. The SMILES string of the molecule is CCCCCCCCCCCCC/C=C/CCCCCCCC[N+](C(CCC)C(=O)[O-])(C(CCC)C(=O)O)C(CCC)C(=O)O. The number of carbonyl (C=O) groups is 3. The first-order valence-electron chi connectivity index (χ1n) is 18.9. The van der Waals surface area contributed by atoms with Crippen molar-refractivity contribution in [1.82, 2.24) is 0 Å². The van der Waals surface area contributed by atoms with E-state index in [1.807, 2.05) is 20.8 Å². The average molecular weight is 638 g/mol. The summed E-state index contributed by atoms with van der Waals surface area (Å²) in [6.45, 7) is 8.08. The van der Waals surface area contributed by atoms with Gasteiger partial charge in [0.25, 0.3) is 0 Å². The Morgan fingerprint density at radius 2 is 0.844 bits per heavy atom. The van der Waals surface area contributed by atoms with E-state index in [0.29, 0.717) is 25.7 Å². The van der Waals surface area contributed by atoms with Crippen molar-refractivity contribution in [3.05, 3.63) is 12.2 Å². The van der Waals surface area contributed by atoms with Gasteiger partial charge in [0.05, 0.1) is 12.5 Å². The lowest BCUT2D eigenvalue weighted by atomic mass is 9.91. The molecule has 45 heavy (non-hydrogen) atoms. The standard InChI is InChI=1S/C38H71NO6/c1-5-9-10-11-12-13-14-15-16-17-18-19-20-21-22-23-24-25-26-27-28-32-39(33(29-6-2)36(40)41,34(30-7-3)37(42)43)35(31-8-4)38(44)45/h20-21,33-35H,5-19,22-32H2,1-4H3,(H2-,40,41,42,43,44,45)/b21-20+. The van der Waals surface area contributed by atoms with Gasteiger partial charge in [0.15, 0.2) is 12.1 Å². The molecule has 0 fully saturated rings. The quantitative estimate of drug-likeness (QED) is 0.0421. The summed E-state index contributed by atoms with van der Waals surface area (Å²) >= 11 is 0. The fourth-order valence-electron chi connectivity index (χ4n) is 7.15. The Morgan fingerprint density at radius 1 is 0.511 bits per heavy atom. The maximum absolute atomic E-state index is 12.6. The first-order chi connectivity index (χ1) is 21.7. The van der Waals surface area contributed by atoms with Crippen molar-refractivity contribution in [2.75, 3.05) is 6.54 Å². The lowest BCUT2D eigenvalue weighted by Gasteiger charge is -2.52. The van der Waals surface area contributed by atoms with Crippen LogP contribution in [0.25, 0.3) is 0 Å². The Balaban J connectivity index is 4.70. The molecule has 0 amide bonds. The highest BCUT2D eigenvalue weighted by atomic mass is 16.4. The van der Waals surface area contributed by atoms with Gasteiger partial charge in [-0.05, 0) is 51.4 Å². The molecule has 7 heteroatoms. The van der Waals surface area contributed by atoms with Crippen molar-refractivity contribution < 1.29 is 34.2 Å². The van der Waals surface area contributed by atoms with Gasteiger partial charge in [-0.25, -0.2) is 9.59 Å². The van der Waals surface area contributed by atoms with Crippen molar-refractivity contribution in [1.29, 1.82) is 0 Å². The van der Waals surface area contributed by atoms with E-state index in [2.05, 4.69) is 19.1 Å². The predicted octanol–water partition coefficient (Wildman–Crippen LogP) is 9.22. The zero-order valence-corrected chi connectivity index (χ0v) is 29.7. The molecule has 0 aliphatic rings. The second kappa shape index (κ2) is 28.3. The second-order valence-corrected chi connectivity index (χ2v) is 13.3. The van der Waals surface area contributed by atoms with Gasteiger partial charge in [-0.3, -0.25) is 4.48 Å². The number of nitrogens with zero attached hydrogens (tertiary/aromatic N) is 1. The van der Waals surface area contributed by atoms with Crippen LogP contribution in [0.15, 0.2) is 12.2 Å². The number of hydrogen-bond acceptors (Lipinski definition) is 4. The molecule has 0 aromatic rings. The minimum Gasteiger partial charge on any atom is -0.544 e. The van der Waals surface area contributed by atoms with E-state index in [-0.39, 0.29) is 25.8 Å². The highest BCUT2D eigenvalue weighted by Gasteiger charge is 2.54. The van der Waals surface area contributed by atoms with Crippen LogP contribution in [0.1, 0.15) is 188 Å². The van der Waals surface area contributed by atoms with Gasteiger partial charge in [-0.2, -0.15) is 0 Å². The van der Waals surface area contributed by atoms with E-state index in [4.69, 9.17) is 0 Å². The fourth-order valence-corrected chi connectivity index (χ4v) is 7.15. The minimum absolute atomic E-state index is 0.204. The number of unbranched alkanes of at least 4 members (excludes halogenated alkanes) is 17. The third-order valence-electron chi connectivity index (χ3n) is 9.58. The number of carboxylic acids is 3. The highest BCUT2D eigenvalue weighted by molar-refractivity contribution is 5.77. The summed E-state index contributed by atoms with van der Waals surface area (Å²) in [6.07, 6.45) is 30.0. The largest absolute Gasteiger partial charge is 0.544 e. The van der Waals surface area contributed by atoms with Gasteiger partial charge in [-0.1, -0.05) is 130 Å². The van der Waals surface area contributed by atoms with Crippen molar-refractivity contribution in [3.63, 3.8) is 0 Å². The molecule has 0 heterocycles. The van der Waals surface area contributed by atoms with E-state index in [9.17, 15) is 29.7 Å². The van der Waals surface area contributed by atoms with Crippen LogP contribution in [-0.2, 0) is 14.4 Å². The zero-order chi connectivity index (χ0) is 33.8. The summed E-state index contributed by atoms with van der Waals surface area (Å²) < 4.78 is -0.438. The Bertz CT molecular complexity index is 722. The molecule has 2 N–H and O–H groups in total. The summed E-state index contributed by atoms with van der Waals surface area (Å²) in [5.41, 5.74) is 0. The van der Waals surface area contributed by atoms with Crippen LogP contribution in [0.2, 0.25) is 0 Å². The molecule has 3 unspecified atom stereocenters. The van der Waals surface area contributed by atoms with E-state index in [0.717, 1.165) is 38.5 Å². The number of rotatable bonds is 33. The lowest BCUT2D eigenvalue weighted by molar-refractivity contribution is -0.975. The summed E-state index contributed by atoms with van der Waals surface area (Å²) in [6, 6.07) is -3.34. The molecule has 0 aliphatic carbocycles. The molecule has 0 aromatic carbocycles. The molecule has 0 bridgehead atoms. The Morgan fingerprint density at radius 3 is 1.18 bits per heavy atom. The number of allylic oxidation sites excluding steroid dienone is 2. The molecule has 0 spiro atoms. The van der Waals surface area contributed by atoms with Gasteiger partial charge in [0.1, 0.15) is 6.04 Å². The van der Waals surface area contributed by atoms with E-state index in [1.165, 1.54) is 77.0 Å². The van der Waals surface area contributed by atoms with Crippen molar-refractivity contribution in [2.45, 2.75) is 206 Å². The predicted molar refractivity (Wildman–Crippen MR) is 184 cm³/mol. The second-order valence-electron chi connectivity index (χ2n) is 13.3. The Hall–Kier alpha value is -1.89. The van der Waals surface area contributed by atoms with E-state index < -0.39 is 40.5 Å². The Labute approximate surface area is 276 Å². The van der Waals surface area contributed by atoms with Crippen LogP contribution in [0.3, 0.4) is 0 Å². The van der Waals surface area contributed by atoms with Crippen molar-refractivity contribution in [2.24, 2.45) is 0 Å². The monoisotopic (exact) mass is 638 g/mol. The van der Waals surface area contributed by atoms with Crippen molar-refractivity contribution in [3.8, 4) is 0 Å². The summed E-state index contributed by atoms with van der Waals surface area (Å²) in [7, 11) is 0. The number of carboxylic acid groups (broad SMARTS) is 3. The number of carbonyl (C=O) groups excluding carboxylic acids is 1. The maximum Gasteiger partial charge on any atom is 0.362 e. The highest BCUT2D eigenvalue weighted by Crippen LogP contribution is 2.34. The third-order valence-corrected chi connectivity index (χ3v) is 9.58. The molecule has 0 saturated heterocycles. The molecule has 3 atom stereocenters. The van der Waals surface area contributed by atoms with Crippen LogP contribution >= 0.6 is 0 Å².